The molecule has 0 spiro atoms. The van der Waals surface area contributed by atoms with Gasteiger partial charge in [-0.1, -0.05) is 29.0 Å². The van der Waals surface area contributed by atoms with E-state index in [1.807, 2.05) is 10.6 Å². The molecule has 1 fully saturated rings. The number of amides is 1. The first-order valence-electron chi connectivity index (χ1n) is 11.0. The standard InChI is InChI=1S/C23H24ClN3O5S3/c1-3-11-27-17-6-5-16(22(29)32-4-2)14-18(17)33-23(27)25-21(28)15-9-12-26(13-10-15)35(30,31)20-8-7-19(24)34-20/h3,5-8,14-15H,1,4,9-13H2,2H3. The van der Waals surface area contributed by atoms with E-state index in [9.17, 15) is 18.0 Å². The Morgan fingerprint density at radius 3 is 2.60 bits per heavy atom. The van der Waals surface area contributed by atoms with Crippen LogP contribution in [0.25, 0.3) is 10.2 Å². The predicted octanol–water partition coefficient (Wildman–Crippen LogP) is 4.31. The Labute approximate surface area is 216 Å². The lowest BCUT2D eigenvalue weighted by atomic mass is 9.98. The molecule has 1 aliphatic heterocycles. The molecule has 0 unspecified atom stereocenters. The topological polar surface area (TPSA) is 98.0 Å². The normalized spacial score (nSPS) is 16.0. The summed E-state index contributed by atoms with van der Waals surface area (Å²) in [5.74, 6) is -1.05. The first-order chi connectivity index (χ1) is 16.7. The summed E-state index contributed by atoms with van der Waals surface area (Å²) in [5, 5.41) is 0. The van der Waals surface area contributed by atoms with Crippen molar-refractivity contribution in [1.29, 1.82) is 0 Å². The van der Waals surface area contributed by atoms with Crippen LogP contribution in [-0.4, -0.2) is 48.9 Å². The fourth-order valence-electron chi connectivity index (χ4n) is 3.90. The van der Waals surface area contributed by atoms with Crippen molar-refractivity contribution < 1.29 is 22.7 Å². The van der Waals surface area contributed by atoms with Gasteiger partial charge in [0.2, 0.25) is 0 Å². The van der Waals surface area contributed by atoms with Gasteiger partial charge in [-0.05, 0) is 50.1 Å². The van der Waals surface area contributed by atoms with E-state index >= 15 is 0 Å². The number of aromatic nitrogens is 1. The smallest absolute Gasteiger partial charge is 0.338 e. The highest BCUT2D eigenvalue weighted by molar-refractivity contribution is 7.91. The molecular formula is C23H24ClN3O5S3. The van der Waals surface area contributed by atoms with Gasteiger partial charge in [0.25, 0.3) is 15.9 Å². The van der Waals surface area contributed by atoms with Crippen molar-refractivity contribution in [3.8, 4) is 0 Å². The van der Waals surface area contributed by atoms with E-state index < -0.39 is 16.0 Å². The van der Waals surface area contributed by atoms with Gasteiger partial charge in [-0.2, -0.15) is 9.30 Å². The van der Waals surface area contributed by atoms with Gasteiger partial charge in [0.15, 0.2) is 4.80 Å². The maximum atomic E-state index is 13.0. The van der Waals surface area contributed by atoms with Crippen LogP contribution in [-0.2, 0) is 26.1 Å². The number of hydrogen-bond donors (Lipinski definition) is 0. The van der Waals surface area contributed by atoms with E-state index in [1.165, 1.54) is 21.7 Å². The zero-order valence-corrected chi connectivity index (χ0v) is 22.2. The fourth-order valence-corrected chi connectivity index (χ4v) is 8.09. The number of thiazole rings is 1. The van der Waals surface area contributed by atoms with Crippen molar-refractivity contribution in [3.05, 3.63) is 57.7 Å². The number of benzene rings is 1. The number of piperidine rings is 1. The molecule has 186 valence electrons. The molecule has 1 amide bonds. The van der Waals surface area contributed by atoms with Crippen molar-refractivity contribution >= 4 is 66.4 Å². The number of rotatable bonds is 7. The fraction of sp³-hybridized carbons (Fsp3) is 0.348. The molecule has 1 aliphatic rings. The number of sulfonamides is 1. The molecule has 12 heteroatoms. The Morgan fingerprint density at radius 1 is 1.23 bits per heavy atom. The second-order valence-corrected chi connectivity index (χ2v) is 12.8. The average Bonchev–Trinajstić information content (AvgIpc) is 3.43. The second-order valence-electron chi connectivity index (χ2n) is 7.87. The molecule has 0 N–H and O–H groups in total. The van der Waals surface area contributed by atoms with Crippen LogP contribution in [0.4, 0.5) is 0 Å². The summed E-state index contributed by atoms with van der Waals surface area (Å²) in [7, 11) is -3.62. The molecule has 0 bridgehead atoms. The van der Waals surface area contributed by atoms with Gasteiger partial charge < -0.3 is 9.30 Å². The lowest BCUT2D eigenvalue weighted by Gasteiger charge is -2.29. The van der Waals surface area contributed by atoms with E-state index in [1.54, 1.807) is 31.2 Å². The average molecular weight is 554 g/mol. The summed E-state index contributed by atoms with van der Waals surface area (Å²) < 4.78 is 35.4. The summed E-state index contributed by atoms with van der Waals surface area (Å²) in [4.78, 5) is 30.0. The SMILES string of the molecule is C=CCn1c(=NC(=O)C2CCN(S(=O)(=O)c3ccc(Cl)s3)CC2)sc2cc(C(=O)OCC)ccc21. The van der Waals surface area contributed by atoms with E-state index in [-0.39, 0.29) is 35.7 Å². The quantitative estimate of drug-likeness (QED) is 0.321. The van der Waals surface area contributed by atoms with E-state index in [0.717, 1.165) is 21.6 Å². The third kappa shape index (κ3) is 5.44. The van der Waals surface area contributed by atoms with Crippen LogP contribution in [0.15, 0.2) is 52.2 Å². The third-order valence-electron chi connectivity index (χ3n) is 5.66. The highest BCUT2D eigenvalue weighted by atomic mass is 35.5. The number of allylic oxidation sites excluding steroid dienone is 1. The molecule has 1 saturated heterocycles. The molecule has 2 aromatic heterocycles. The zero-order chi connectivity index (χ0) is 25.2. The van der Waals surface area contributed by atoms with Gasteiger partial charge in [-0.15, -0.1) is 17.9 Å². The highest BCUT2D eigenvalue weighted by Crippen LogP contribution is 2.31. The predicted molar refractivity (Wildman–Crippen MR) is 137 cm³/mol. The Hall–Kier alpha value is -2.31. The molecule has 35 heavy (non-hydrogen) atoms. The lowest BCUT2D eigenvalue weighted by Crippen LogP contribution is -2.40. The zero-order valence-electron chi connectivity index (χ0n) is 19.0. The number of carbonyl (C=O) groups excluding carboxylic acids is 2. The Bertz CT molecular complexity index is 1450. The van der Waals surface area contributed by atoms with Crippen molar-refractivity contribution in [2.45, 2.75) is 30.5 Å². The maximum absolute atomic E-state index is 13.0. The summed E-state index contributed by atoms with van der Waals surface area (Å²) in [6.45, 7) is 6.76. The summed E-state index contributed by atoms with van der Waals surface area (Å²) in [6.07, 6.45) is 2.50. The van der Waals surface area contributed by atoms with E-state index in [0.29, 0.717) is 34.1 Å². The van der Waals surface area contributed by atoms with Gasteiger partial charge in [0.1, 0.15) is 4.21 Å². The van der Waals surface area contributed by atoms with E-state index in [4.69, 9.17) is 16.3 Å². The van der Waals surface area contributed by atoms with Gasteiger partial charge in [-0.25, -0.2) is 13.2 Å². The molecule has 4 rings (SSSR count). The third-order valence-corrected chi connectivity index (χ3v) is 10.3. The summed E-state index contributed by atoms with van der Waals surface area (Å²) >= 11 is 8.23. The molecule has 0 radical (unpaired) electrons. The van der Waals surface area contributed by atoms with Crippen LogP contribution in [0, 0.1) is 5.92 Å². The minimum atomic E-state index is -3.62. The van der Waals surface area contributed by atoms with Crippen molar-refractivity contribution in [2.24, 2.45) is 10.9 Å². The molecule has 3 heterocycles. The largest absolute Gasteiger partial charge is 0.462 e. The Balaban J connectivity index is 1.55. The van der Waals surface area contributed by atoms with Crippen molar-refractivity contribution in [1.82, 2.24) is 8.87 Å². The first kappa shape index (κ1) is 25.8. The lowest BCUT2D eigenvalue weighted by molar-refractivity contribution is -0.122. The van der Waals surface area contributed by atoms with Crippen LogP contribution in [0.2, 0.25) is 4.34 Å². The number of halogens is 1. The summed E-state index contributed by atoms with van der Waals surface area (Å²) in [6, 6.07) is 8.30. The number of hydrogen-bond acceptors (Lipinski definition) is 7. The number of esters is 1. The molecule has 0 aliphatic carbocycles. The minimum Gasteiger partial charge on any atom is -0.462 e. The number of nitrogens with zero attached hydrogens (tertiary/aromatic N) is 3. The van der Waals surface area contributed by atoms with Crippen LogP contribution < -0.4 is 4.80 Å². The van der Waals surface area contributed by atoms with Gasteiger partial charge in [0, 0.05) is 25.6 Å². The van der Waals surface area contributed by atoms with Crippen LogP contribution in [0.3, 0.4) is 0 Å². The molecule has 0 saturated carbocycles. The van der Waals surface area contributed by atoms with Crippen LogP contribution in [0.5, 0.6) is 0 Å². The molecule has 3 aromatic rings. The van der Waals surface area contributed by atoms with Crippen molar-refractivity contribution in [3.63, 3.8) is 0 Å². The number of fused-ring (bicyclic) bond motifs is 1. The number of carbonyl (C=O) groups is 2. The number of thiophene rings is 1. The van der Waals surface area contributed by atoms with Gasteiger partial charge >= 0.3 is 5.97 Å². The number of ether oxygens (including phenoxy) is 1. The molecule has 1 aromatic carbocycles. The maximum Gasteiger partial charge on any atom is 0.338 e. The monoisotopic (exact) mass is 553 g/mol. The van der Waals surface area contributed by atoms with E-state index in [2.05, 4.69) is 11.6 Å². The summed E-state index contributed by atoms with van der Waals surface area (Å²) in [5.41, 5.74) is 1.27. The molecular weight excluding hydrogens is 530 g/mol. The van der Waals surface area contributed by atoms with Gasteiger partial charge in [-0.3, -0.25) is 4.79 Å². The molecule has 8 nitrogen and oxygen atoms in total. The van der Waals surface area contributed by atoms with Crippen LogP contribution in [0.1, 0.15) is 30.1 Å². The van der Waals surface area contributed by atoms with Gasteiger partial charge in [0.05, 0.1) is 26.7 Å². The van der Waals surface area contributed by atoms with Crippen molar-refractivity contribution in [2.75, 3.05) is 19.7 Å². The Morgan fingerprint density at radius 2 is 1.97 bits per heavy atom. The minimum absolute atomic E-state index is 0.204. The van der Waals surface area contributed by atoms with Crippen LogP contribution >= 0.6 is 34.3 Å². The second kappa shape index (κ2) is 10.8. The Kier molecular flexibility index (Phi) is 7.92. The first-order valence-corrected chi connectivity index (χ1v) is 14.4. The molecule has 0 atom stereocenters. The highest BCUT2D eigenvalue weighted by Gasteiger charge is 2.33.